The summed E-state index contributed by atoms with van der Waals surface area (Å²) in [7, 11) is 0. The fourth-order valence-electron chi connectivity index (χ4n) is 2.07. The molecule has 108 valence electrons. The van der Waals surface area contributed by atoms with Gasteiger partial charge in [-0.05, 0) is 37.5 Å². The highest BCUT2D eigenvalue weighted by molar-refractivity contribution is 5.91. The van der Waals surface area contributed by atoms with Gasteiger partial charge in [0.2, 0.25) is 0 Å². The average Bonchev–Trinajstić information content (AvgIpc) is 2.43. The smallest absolute Gasteiger partial charge is 0.306 e. The molecule has 0 bridgehead atoms. The van der Waals surface area contributed by atoms with Crippen molar-refractivity contribution in [3.8, 4) is 0 Å². The van der Waals surface area contributed by atoms with Crippen LogP contribution in [0.25, 0.3) is 0 Å². The molecular formula is C17H19N3O. The maximum Gasteiger partial charge on any atom is 0.339 e. The summed E-state index contributed by atoms with van der Waals surface area (Å²) >= 11 is 0. The molecule has 0 aromatic heterocycles. The molecule has 2 rings (SSSR count). The van der Waals surface area contributed by atoms with Crippen LogP contribution in [0.1, 0.15) is 22.3 Å². The van der Waals surface area contributed by atoms with Gasteiger partial charge < -0.3 is 5.32 Å². The van der Waals surface area contributed by atoms with Crippen molar-refractivity contribution in [1.29, 1.82) is 0 Å². The Balaban J connectivity index is 1.96. The number of benzene rings is 2. The molecule has 2 aromatic rings. The Kier molecular flexibility index (Phi) is 4.72. The second kappa shape index (κ2) is 6.70. The van der Waals surface area contributed by atoms with Gasteiger partial charge in [0.25, 0.3) is 0 Å². The molecule has 0 fully saturated rings. The van der Waals surface area contributed by atoms with Crippen LogP contribution in [0.5, 0.6) is 0 Å². The molecule has 0 aliphatic carbocycles. The first-order valence-corrected chi connectivity index (χ1v) is 6.79. The summed E-state index contributed by atoms with van der Waals surface area (Å²) in [6.45, 7) is 5.93. The summed E-state index contributed by atoms with van der Waals surface area (Å²) in [5, 5.41) is 6.76. The molecule has 4 heteroatoms. The minimum Gasteiger partial charge on any atom is -0.306 e. The first-order valence-electron chi connectivity index (χ1n) is 6.79. The largest absolute Gasteiger partial charge is 0.339 e. The molecular weight excluding hydrogens is 262 g/mol. The zero-order chi connectivity index (χ0) is 15.2. The number of carbonyl (C=O) groups is 1. The Labute approximate surface area is 124 Å². The highest BCUT2D eigenvalue weighted by Crippen LogP contribution is 2.18. The van der Waals surface area contributed by atoms with Gasteiger partial charge in [-0.15, -0.1) is 0 Å². The molecule has 0 aliphatic heterocycles. The fourth-order valence-corrected chi connectivity index (χ4v) is 2.07. The Morgan fingerprint density at radius 2 is 1.71 bits per heavy atom. The van der Waals surface area contributed by atoms with E-state index in [0.717, 1.165) is 27.9 Å². The van der Waals surface area contributed by atoms with Gasteiger partial charge in [0.15, 0.2) is 0 Å². The van der Waals surface area contributed by atoms with Crippen molar-refractivity contribution in [2.75, 3.05) is 5.32 Å². The molecule has 0 radical (unpaired) electrons. The minimum atomic E-state index is -0.351. The number of nitrogens with zero attached hydrogens (tertiary/aromatic N) is 1. The van der Waals surface area contributed by atoms with Crippen LogP contribution in [0.15, 0.2) is 47.6 Å². The van der Waals surface area contributed by atoms with E-state index in [0.29, 0.717) is 0 Å². The second-order valence-electron chi connectivity index (χ2n) is 5.01. The van der Waals surface area contributed by atoms with Gasteiger partial charge in [-0.3, -0.25) is 0 Å². The molecule has 2 aromatic carbocycles. The molecule has 21 heavy (non-hydrogen) atoms. The lowest BCUT2D eigenvalue weighted by Crippen LogP contribution is -2.25. The Bertz CT molecular complexity index is 657. The van der Waals surface area contributed by atoms with Crippen molar-refractivity contribution in [3.05, 3.63) is 64.7 Å². The SMILES string of the molecule is Cc1cccc(C=NNC(=O)Nc2c(C)cccc2C)c1. The van der Waals surface area contributed by atoms with Crippen molar-refractivity contribution in [2.45, 2.75) is 20.8 Å². The molecule has 4 nitrogen and oxygen atoms in total. The van der Waals surface area contributed by atoms with Crippen LogP contribution in [-0.4, -0.2) is 12.2 Å². The van der Waals surface area contributed by atoms with Gasteiger partial charge in [0, 0.05) is 5.69 Å². The summed E-state index contributed by atoms with van der Waals surface area (Å²) in [5.74, 6) is 0. The highest BCUT2D eigenvalue weighted by atomic mass is 16.2. The lowest BCUT2D eigenvalue weighted by atomic mass is 10.1. The number of aryl methyl sites for hydroxylation is 3. The number of rotatable bonds is 3. The Morgan fingerprint density at radius 1 is 1.05 bits per heavy atom. The quantitative estimate of drug-likeness (QED) is 0.653. The average molecular weight is 281 g/mol. The van der Waals surface area contributed by atoms with Crippen molar-refractivity contribution in [2.24, 2.45) is 5.10 Å². The van der Waals surface area contributed by atoms with E-state index in [1.165, 1.54) is 0 Å². The summed E-state index contributed by atoms with van der Waals surface area (Å²) < 4.78 is 0. The van der Waals surface area contributed by atoms with Crippen LogP contribution in [0, 0.1) is 20.8 Å². The molecule has 0 saturated carbocycles. The third kappa shape index (κ3) is 4.18. The molecule has 0 atom stereocenters. The van der Waals surface area contributed by atoms with Gasteiger partial charge >= 0.3 is 6.03 Å². The summed E-state index contributed by atoms with van der Waals surface area (Å²) in [6.07, 6.45) is 1.62. The third-order valence-electron chi connectivity index (χ3n) is 3.14. The second-order valence-corrected chi connectivity index (χ2v) is 5.01. The summed E-state index contributed by atoms with van der Waals surface area (Å²) in [6, 6.07) is 13.4. The van der Waals surface area contributed by atoms with E-state index in [2.05, 4.69) is 15.8 Å². The van der Waals surface area contributed by atoms with Crippen molar-refractivity contribution < 1.29 is 4.79 Å². The van der Waals surface area contributed by atoms with Crippen LogP contribution >= 0.6 is 0 Å². The first-order chi connectivity index (χ1) is 10.1. The molecule has 2 N–H and O–H groups in total. The monoisotopic (exact) mass is 281 g/mol. The normalized spacial score (nSPS) is 10.6. The van der Waals surface area contributed by atoms with Crippen molar-refractivity contribution in [1.82, 2.24) is 5.43 Å². The first kappa shape index (κ1) is 14.8. The number of hydrogen-bond acceptors (Lipinski definition) is 2. The predicted molar refractivity (Wildman–Crippen MR) is 86.8 cm³/mol. The van der Waals surface area contributed by atoms with Gasteiger partial charge in [0.05, 0.1) is 6.21 Å². The summed E-state index contributed by atoms with van der Waals surface area (Å²) in [5.41, 5.74) is 7.43. The Morgan fingerprint density at radius 3 is 2.38 bits per heavy atom. The minimum absolute atomic E-state index is 0.351. The van der Waals surface area contributed by atoms with Crippen LogP contribution < -0.4 is 10.7 Å². The number of hydrazone groups is 1. The number of para-hydroxylation sites is 1. The number of hydrogen-bond donors (Lipinski definition) is 2. The lowest BCUT2D eigenvalue weighted by molar-refractivity contribution is 0.252. The standard InChI is InChI=1S/C17H19N3O/c1-12-6-4-9-15(10-12)11-18-20-17(21)19-16-13(2)7-5-8-14(16)3/h4-11H,1-3H3,(H2,19,20,21). The van der Waals surface area contributed by atoms with E-state index < -0.39 is 0 Å². The molecule has 0 aliphatic rings. The molecule has 0 unspecified atom stereocenters. The van der Waals surface area contributed by atoms with E-state index in [-0.39, 0.29) is 6.03 Å². The zero-order valence-electron chi connectivity index (χ0n) is 12.5. The predicted octanol–water partition coefficient (Wildman–Crippen LogP) is 3.77. The molecule has 0 spiro atoms. The van der Waals surface area contributed by atoms with E-state index in [1.54, 1.807) is 6.21 Å². The van der Waals surface area contributed by atoms with Gasteiger partial charge in [-0.2, -0.15) is 5.10 Å². The topological polar surface area (TPSA) is 53.5 Å². The van der Waals surface area contributed by atoms with E-state index in [9.17, 15) is 4.79 Å². The highest BCUT2D eigenvalue weighted by Gasteiger charge is 2.05. The molecule has 0 saturated heterocycles. The van der Waals surface area contributed by atoms with E-state index >= 15 is 0 Å². The van der Waals surface area contributed by atoms with E-state index in [1.807, 2.05) is 63.2 Å². The van der Waals surface area contributed by atoms with Crippen LogP contribution in [0.4, 0.5) is 10.5 Å². The number of amides is 2. The number of urea groups is 1. The van der Waals surface area contributed by atoms with Crippen LogP contribution in [0.3, 0.4) is 0 Å². The van der Waals surface area contributed by atoms with Crippen molar-refractivity contribution in [3.63, 3.8) is 0 Å². The number of anilines is 1. The van der Waals surface area contributed by atoms with Crippen LogP contribution in [-0.2, 0) is 0 Å². The van der Waals surface area contributed by atoms with Gasteiger partial charge in [0.1, 0.15) is 0 Å². The fraction of sp³-hybridized carbons (Fsp3) is 0.176. The van der Waals surface area contributed by atoms with Gasteiger partial charge in [-0.1, -0.05) is 48.0 Å². The molecule has 2 amide bonds. The van der Waals surface area contributed by atoms with Crippen LogP contribution in [0.2, 0.25) is 0 Å². The maximum absolute atomic E-state index is 11.8. The lowest BCUT2D eigenvalue weighted by Gasteiger charge is -2.10. The number of carbonyl (C=O) groups excluding carboxylic acids is 1. The van der Waals surface area contributed by atoms with Crippen molar-refractivity contribution >= 4 is 17.9 Å². The molecule has 0 heterocycles. The summed E-state index contributed by atoms with van der Waals surface area (Å²) in [4.78, 5) is 11.8. The van der Waals surface area contributed by atoms with E-state index in [4.69, 9.17) is 0 Å². The number of nitrogens with one attached hydrogen (secondary N) is 2. The maximum atomic E-state index is 11.8. The van der Waals surface area contributed by atoms with Gasteiger partial charge in [-0.25, -0.2) is 10.2 Å². The Hall–Kier alpha value is -2.62. The third-order valence-corrected chi connectivity index (χ3v) is 3.14. The zero-order valence-corrected chi connectivity index (χ0v) is 12.5.